The molecular weight excluding hydrogens is 296 g/mol. The number of hydrogen-bond donors (Lipinski definition) is 0. The molecule has 6 nitrogen and oxygen atoms in total. The van der Waals surface area contributed by atoms with E-state index in [1.54, 1.807) is 20.8 Å². The molecule has 0 aliphatic carbocycles. The molecule has 1 aliphatic rings. The molecule has 1 heterocycles. The van der Waals surface area contributed by atoms with E-state index in [-0.39, 0.29) is 0 Å². The SMILES string of the molecule is CC(C)(C)OC(=O)N1CC(F)(F)C[C@@H]1COS(C)(=O)=O. The van der Waals surface area contributed by atoms with Crippen molar-refractivity contribution in [2.24, 2.45) is 0 Å². The molecule has 1 amide bonds. The number of alkyl halides is 2. The quantitative estimate of drug-likeness (QED) is 0.740. The number of likely N-dealkylation sites (tertiary alicyclic amines) is 1. The van der Waals surface area contributed by atoms with E-state index in [0.29, 0.717) is 0 Å². The highest BCUT2D eigenvalue weighted by Crippen LogP contribution is 2.33. The number of halogens is 2. The fraction of sp³-hybridized carbons (Fsp3) is 0.909. The Morgan fingerprint density at radius 2 is 1.95 bits per heavy atom. The number of ether oxygens (including phenoxy) is 1. The van der Waals surface area contributed by atoms with Gasteiger partial charge in [0.15, 0.2) is 0 Å². The Hall–Kier alpha value is -0.960. The lowest BCUT2D eigenvalue weighted by molar-refractivity contribution is -0.00272. The Labute approximate surface area is 117 Å². The number of rotatable bonds is 3. The van der Waals surface area contributed by atoms with Crippen LogP contribution in [0.3, 0.4) is 0 Å². The summed E-state index contributed by atoms with van der Waals surface area (Å²) >= 11 is 0. The van der Waals surface area contributed by atoms with Gasteiger partial charge in [0.05, 0.1) is 25.4 Å². The molecule has 0 aromatic rings. The first-order valence-corrected chi connectivity index (χ1v) is 7.83. The van der Waals surface area contributed by atoms with Crippen LogP contribution in [0.15, 0.2) is 0 Å². The zero-order chi connectivity index (χ0) is 15.8. The third-order valence-corrected chi connectivity index (χ3v) is 3.04. The molecule has 0 radical (unpaired) electrons. The van der Waals surface area contributed by atoms with Gasteiger partial charge < -0.3 is 4.74 Å². The van der Waals surface area contributed by atoms with Crippen LogP contribution in [0, 0.1) is 0 Å². The van der Waals surface area contributed by atoms with E-state index in [4.69, 9.17) is 4.74 Å². The van der Waals surface area contributed by atoms with Crippen molar-refractivity contribution in [1.82, 2.24) is 4.90 Å². The molecule has 1 aliphatic heterocycles. The summed E-state index contributed by atoms with van der Waals surface area (Å²) in [4.78, 5) is 12.7. The van der Waals surface area contributed by atoms with Crippen molar-refractivity contribution < 1.29 is 30.9 Å². The topological polar surface area (TPSA) is 72.9 Å². The monoisotopic (exact) mass is 315 g/mol. The Balaban J connectivity index is 2.77. The van der Waals surface area contributed by atoms with E-state index in [1.165, 1.54) is 0 Å². The van der Waals surface area contributed by atoms with Gasteiger partial charge in [0.1, 0.15) is 5.60 Å². The van der Waals surface area contributed by atoms with E-state index >= 15 is 0 Å². The van der Waals surface area contributed by atoms with Gasteiger partial charge in [-0.15, -0.1) is 0 Å². The van der Waals surface area contributed by atoms with E-state index in [0.717, 1.165) is 11.2 Å². The van der Waals surface area contributed by atoms with Crippen LogP contribution in [-0.4, -0.2) is 56.4 Å². The van der Waals surface area contributed by atoms with Crippen molar-refractivity contribution in [2.75, 3.05) is 19.4 Å². The van der Waals surface area contributed by atoms with Crippen LogP contribution in [0.5, 0.6) is 0 Å². The van der Waals surface area contributed by atoms with Gasteiger partial charge >= 0.3 is 6.09 Å². The molecule has 9 heteroatoms. The van der Waals surface area contributed by atoms with Crippen LogP contribution >= 0.6 is 0 Å². The summed E-state index contributed by atoms with van der Waals surface area (Å²) in [6, 6.07) is -1.03. The van der Waals surface area contributed by atoms with Crippen molar-refractivity contribution in [1.29, 1.82) is 0 Å². The van der Waals surface area contributed by atoms with Gasteiger partial charge in [-0.3, -0.25) is 9.08 Å². The Kier molecular flexibility index (Phi) is 4.65. The minimum atomic E-state index is -3.76. The lowest BCUT2D eigenvalue weighted by Crippen LogP contribution is -2.42. The van der Waals surface area contributed by atoms with Crippen molar-refractivity contribution >= 4 is 16.2 Å². The van der Waals surface area contributed by atoms with Gasteiger partial charge in [-0.05, 0) is 20.8 Å². The molecule has 0 aromatic carbocycles. The summed E-state index contributed by atoms with van der Waals surface area (Å²) in [6.07, 6.45) is -0.739. The highest BCUT2D eigenvalue weighted by atomic mass is 32.2. The zero-order valence-corrected chi connectivity index (χ0v) is 12.7. The lowest BCUT2D eigenvalue weighted by Gasteiger charge is -2.27. The molecule has 20 heavy (non-hydrogen) atoms. The third kappa shape index (κ3) is 5.58. The molecule has 0 aromatic heterocycles. The predicted octanol–water partition coefficient (Wildman–Crippen LogP) is 1.61. The molecule has 1 fully saturated rings. The standard InChI is InChI=1S/C11H19F2NO5S/c1-10(2,3)19-9(15)14-7-11(12,13)5-8(14)6-18-20(4,16)17/h8H,5-7H2,1-4H3/t8-/m1/s1. The first-order chi connectivity index (χ1) is 8.79. The summed E-state index contributed by atoms with van der Waals surface area (Å²) in [5, 5.41) is 0. The summed E-state index contributed by atoms with van der Waals surface area (Å²) in [7, 11) is -3.76. The van der Waals surface area contributed by atoms with Crippen molar-refractivity contribution in [3.05, 3.63) is 0 Å². The first-order valence-electron chi connectivity index (χ1n) is 6.01. The second-order valence-corrected chi connectivity index (χ2v) is 7.45. The van der Waals surface area contributed by atoms with Crippen molar-refractivity contribution in [3.63, 3.8) is 0 Å². The molecule has 1 saturated heterocycles. The highest BCUT2D eigenvalue weighted by molar-refractivity contribution is 7.85. The number of amides is 1. The molecule has 0 saturated carbocycles. The van der Waals surface area contributed by atoms with Crippen molar-refractivity contribution in [3.8, 4) is 0 Å². The molecule has 0 unspecified atom stereocenters. The maximum absolute atomic E-state index is 13.4. The van der Waals surface area contributed by atoms with E-state index in [1.807, 2.05) is 0 Å². The molecule has 0 bridgehead atoms. The smallest absolute Gasteiger partial charge is 0.410 e. The summed E-state index contributed by atoms with van der Waals surface area (Å²) in [5.74, 6) is -3.08. The molecule has 1 atom stereocenters. The second-order valence-electron chi connectivity index (χ2n) is 5.81. The van der Waals surface area contributed by atoms with E-state index < -0.39 is 53.3 Å². The normalized spacial score (nSPS) is 22.9. The van der Waals surface area contributed by atoms with E-state index in [2.05, 4.69) is 4.18 Å². The molecular formula is C11H19F2NO5S. The first kappa shape index (κ1) is 17.1. The highest BCUT2D eigenvalue weighted by Gasteiger charge is 2.48. The molecule has 0 N–H and O–H groups in total. The van der Waals surface area contributed by atoms with Crippen LogP contribution in [-0.2, 0) is 19.0 Å². The average molecular weight is 315 g/mol. The fourth-order valence-corrected chi connectivity index (χ4v) is 2.19. The Morgan fingerprint density at radius 3 is 2.40 bits per heavy atom. The van der Waals surface area contributed by atoms with Crippen LogP contribution in [0.2, 0.25) is 0 Å². The average Bonchev–Trinajstić information content (AvgIpc) is 2.47. The van der Waals surface area contributed by atoms with Gasteiger partial charge in [-0.25, -0.2) is 13.6 Å². The van der Waals surface area contributed by atoms with Gasteiger partial charge in [-0.1, -0.05) is 0 Å². The predicted molar refractivity (Wildman–Crippen MR) is 67.1 cm³/mol. The fourth-order valence-electron chi connectivity index (χ4n) is 1.78. The van der Waals surface area contributed by atoms with Crippen LogP contribution in [0.4, 0.5) is 13.6 Å². The van der Waals surface area contributed by atoms with E-state index in [9.17, 15) is 22.0 Å². The number of carbonyl (C=O) groups excluding carboxylic acids is 1. The minimum absolute atomic E-state index is 0.506. The largest absolute Gasteiger partial charge is 0.444 e. The number of nitrogens with zero attached hydrogens (tertiary/aromatic N) is 1. The number of carbonyl (C=O) groups is 1. The zero-order valence-electron chi connectivity index (χ0n) is 11.9. The van der Waals surface area contributed by atoms with Crippen LogP contribution in [0.1, 0.15) is 27.2 Å². The van der Waals surface area contributed by atoms with Crippen LogP contribution < -0.4 is 0 Å². The summed E-state index contributed by atoms with van der Waals surface area (Å²) in [6.45, 7) is 3.52. The maximum Gasteiger partial charge on any atom is 0.410 e. The van der Waals surface area contributed by atoms with Gasteiger partial charge in [-0.2, -0.15) is 8.42 Å². The molecule has 1 rings (SSSR count). The summed E-state index contributed by atoms with van der Waals surface area (Å²) in [5.41, 5.74) is -0.822. The maximum atomic E-state index is 13.4. The van der Waals surface area contributed by atoms with Crippen molar-refractivity contribution in [2.45, 2.75) is 44.8 Å². The third-order valence-electron chi connectivity index (χ3n) is 2.48. The number of hydrogen-bond acceptors (Lipinski definition) is 5. The summed E-state index contributed by atoms with van der Waals surface area (Å²) < 4.78 is 58.2. The molecule has 118 valence electrons. The molecule has 0 spiro atoms. The minimum Gasteiger partial charge on any atom is -0.444 e. The van der Waals surface area contributed by atoms with Gasteiger partial charge in [0.25, 0.3) is 16.0 Å². The second kappa shape index (κ2) is 5.44. The lowest BCUT2D eigenvalue weighted by atomic mass is 10.2. The Bertz CT molecular complexity index is 472. The van der Waals surface area contributed by atoms with Gasteiger partial charge in [0.2, 0.25) is 0 Å². The Morgan fingerprint density at radius 1 is 1.40 bits per heavy atom. The van der Waals surface area contributed by atoms with Crippen LogP contribution in [0.25, 0.3) is 0 Å². The van der Waals surface area contributed by atoms with Gasteiger partial charge in [0, 0.05) is 6.42 Å².